The van der Waals surface area contributed by atoms with Crippen molar-refractivity contribution >= 4 is 21.7 Å². The van der Waals surface area contributed by atoms with Crippen molar-refractivity contribution in [3.63, 3.8) is 0 Å². The highest BCUT2D eigenvalue weighted by Gasteiger charge is 2.36. The van der Waals surface area contributed by atoms with E-state index < -0.39 is 35.4 Å². The topological polar surface area (TPSA) is 26.3 Å². The second-order valence-corrected chi connectivity index (χ2v) is 4.11. The maximum absolute atomic E-state index is 12.7. The van der Waals surface area contributed by atoms with E-state index in [-0.39, 0.29) is 4.47 Å². The van der Waals surface area contributed by atoms with E-state index in [0.29, 0.717) is 6.07 Å². The first-order valence-corrected chi connectivity index (χ1v) is 5.28. The van der Waals surface area contributed by atoms with Gasteiger partial charge in [0.1, 0.15) is 5.75 Å². The highest BCUT2D eigenvalue weighted by molar-refractivity contribution is 9.10. The fourth-order valence-corrected chi connectivity index (χ4v) is 2.05. The van der Waals surface area contributed by atoms with E-state index in [4.69, 9.17) is 0 Å². The van der Waals surface area contributed by atoms with E-state index in [9.17, 15) is 26.7 Å². The number of carbonyl (C=O) groups is 1. The Morgan fingerprint density at radius 2 is 1.89 bits per heavy atom. The molecule has 0 spiro atoms. The minimum absolute atomic E-state index is 0.250. The number of benzene rings is 1. The number of halogens is 6. The summed E-state index contributed by atoms with van der Waals surface area (Å²) in [5.74, 6) is -1.51. The quantitative estimate of drug-likeness (QED) is 0.610. The molecular weight excluding hydrogens is 327 g/mol. The van der Waals surface area contributed by atoms with Gasteiger partial charge in [0, 0.05) is 10.0 Å². The lowest BCUT2D eigenvalue weighted by Crippen LogP contribution is -2.13. The zero-order chi connectivity index (χ0) is 14.1. The van der Waals surface area contributed by atoms with Crippen molar-refractivity contribution in [3.8, 4) is 5.75 Å². The van der Waals surface area contributed by atoms with Crippen LogP contribution in [0, 0.1) is 0 Å². The summed E-state index contributed by atoms with van der Waals surface area (Å²) in [7, 11) is 0. The van der Waals surface area contributed by atoms with Crippen LogP contribution in [0.25, 0.3) is 0 Å². The summed E-state index contributed by atoms with van der Waals surface area (Å²) in [4.78, 5) is 11.1. The smallest absolute Gasteiger partial charge is 0.417 e. The van der Waals surface area contributed by atoms with E-state index in [0.717, 1.165) is 13.0 Å². The Labute approximate surface area is 107 Å². The lowest BCUT2D eigenvalue weighted by atomic mass is 10.0. The van der Waals surface area contributed by atoms with Crippen molar-refractivity contribution in [1.29, 1.82) is 0 Å². The molecule has 1 aromatic rings. The molecule has 0 saturated carbocycles. The number of rotatable bonds is 3. The molecule has 0 aromatic heterocycles. The second-order valence-electron chi connectivity index (χ2n) is 3.26. The van der Waals surface area contributed by atoms with Crippen molar-refractivity contribution in [2.24, 2.45) is 0 Å². The minimum atomic E-state index is -4.84. The van der Waals surface area contributed by atoms with Gasteiger partial charge in [-0.15, -0.1) is 0 Å². The molecule has 0 amide bonds. The molecule has 0 N–H and O–H groups in total. The molecule has 0 unspecified atom stereocenters. The van der Waals surface area contributed by atoms with E-state index >= 15 is 0 Å². The van der Waals surface area contributed by atoms with Gasteiger partial charge < -0.3 is 4.74 Å². The second kappa shape index (κ2) is 5.21. The van der Waals surface area contributed by atoms with E-state index in [1.54, 1.807) is 0 Å². The van der Waals surface area contributed by atoms with Crippen LogP contribution < -0.4 is 4.74 Å². The number of Topliss-reactive ketones (excluding diaryl/α,β-unsaturated/α-hetero) is 1. The van der Waals surface area contributed by atoms with Gasteiger partial charge in [0.15, 0.2) is 5.78 Å². The van der Waals surface area contributed by atoms with Gasteiger partial charge in [-0.05, 0) is 35.0 Å². The monoisotopic (exact) mass is 332 g/mol. The summed E-state index contributed by atoms with van der Waals surface area (Å²) in [6, 6.07) is 1.26. The van der Waals surface area contributed by atoms with Gasteiger partial charge in [0.05, 0.1) is 5.56 Å². The summed E-state index contributed by atoms with van der Waals surface area (Å²) >= 11 is 2.74. The minimum Gasteiger partial charge on any atom is -0.435 e. The van der Waals surface area contributed by atoms with Crippen LogP contribution in [-0.2, 0) is 6.18 Å². The Hall–Kier alpha value is -1.18. The Balaban J connectivity index is 3.43. The molecule has 100 valence electrons. The van der Waals surface area contributed by atoms with Crippen LogP contribution in [0.1, 0.15) is 22.8 Å². The zero-order valence-corrected chi connectivity index (χ0v) is 10.4. The summed E-state index contributed by atoms with van der Waals surface area (Å²) in [6.07, 6.45) is -4.84. The van der Waals surface area contributed by atoms with Gasteiger partial charge in [0.2, 0.25) is 0 Å². The maximum atomic E-state index is 12.7. The van der Waals surface area contributed by atoms with Gasteiger partial charge >= 0.3 is 12.8 Å². The van der Waals surface area contributed by atoms with Gasteiger partial charge in [0.25, 0.3) is 0 Å². The highest BCUT2D eigenvalue weighted by atomic mass is 79.9. The number of alkyl halides is 5. The molecule has 0 atom stereocenters. The number of ketones is 1. The van der Waals surface area contributed by atoms with Crippen LogP contribution in [0.4, 0.5) is 22.0 Å². The first-order valence-electron chi connectivity index (χ1n) is 4.49. The molecule has 18 heavy (non-hydrogen) atoms. The van der Waals surface area contributed by atoms with Gasteiger partial charge in [-0.1, -0.05) is 0 Å². The molecular formula is C10H6BrF5O2. The van der Waals surface area contributed by atoms with E-state index in [1.165, 1.54) is 0 Å². The Kier molecular flexibility index (Phi) is 4.31. The zero-order valence-electron chi connectivity index (χ0n) is 8.82. The summed E-state index contributed by atoms with van der Waals surface area (Å²) < 4.78 is 65.6. The molecule has 0 bridgehead atoms. The van der Waals surface area contributed by atoms with Crippen LogP contribution >= 0.6 is 15.9 Å². The van der Waals surface area contributed by atoms with E-state index in [1.807, 2.05) is 0 Å². The lowest BCUT2D eigenvalue weighted by molar-refractivity contribution is -0.138. The molecule has 0 aliphatic heterocycles. The first kappa shape index (κ1) is 14.9. The predicted molar refractivity (Wildman–Crippen MR) is 55.8 cm³/mol. The molecule has 0 aliphatic rings. The van der Waals surface area contributed by atoms with Crippen molar-refractivity contribution in [3.05, 3.63) is 27.7 Å². The largest absolute Gasteiger partial charge is 0.435 e. The summed E-state index contributed by atoms with van der Waals surface area (Å²) in [5, 5.41) is 0. The van der Waals surface area contributed by atoms with E-state index in [2.05, 4.69) is 20.7 Å². The normalized spacial score (nSPS) is 11.8. The Morgan fingerprint density at radius 3 is 2.28 bits per heavy atom. The fourth-order valence-electron chi connectivity index (χ4n) is 1.33. The SMILES string of the molecule is CC(=O)c1c(Br)cc(OC(F)F)cc1C(F)(F)F. The third-order valence-electron chi connectivity index (χ3n) is 1.95. The van der Waals surface area contributed by atoms with Gasteiger partial charge in [-0.2, -0.15) is 22.0 Å². The van der Waals surface area contributed by atoms with Crippen LogP contribution in [-0.4, -0.2) is 12.4 Å². The highest BCUT2D eigenvalue weighted by Crippen LogP contribution is 2.38. The average Bonchev–Trinajstić information content (AvgIpc) is 2.12. The number of hydrogen-bond acceptors (Lipinski definition) is 2. The molecule has 0 aliphatic carbocycles. The molecule has 0 fully saturated rings. The molecule has 0 radical (unpaired) electrons. The first-order chi connectivity index (χ1) is 8.12. The third-order valence-corrected chi connectivity index (χ3v) is 2.57. The summed E-state index contributed by atoms with van der Waals surface area (Å²) in [6.45, 7) is -2.30. The van der Waals surface area contributed by atoms with Crippen LogP contribution in [0.5, 0.6) is 5.75 Å². The predicted octanol–water partition coefficient (Wildman–Crippen LogP) is 4.27. The Morgan fingerprint density at radius 1 is 1.33 bits per heavy atom. The molecule has 8 heteroatoms. The maximum Gasteiger partial charge on any atom is 0.417 e. The molecule has 0 heterocycles. The van der Waals surface area contributed by atoms with Crippen molar-refractivity contribution < 1.29 is 31.5 Å². The van der Waals surface area contributed by atoms with Crippen LogP contribution in [0.3, 0.4) is 0 Å². The van der Waals surface area contributed by atoms with Gasteiger partial charge in [-0.3, -0.25) is 4.79 Å². The average molecular weight is 333 g/mol. The molecule has 1 rings (SSSR count). The third kappa shape index (κ3) is 3.41. The van der Waals surface area contributed by atoms with Crippen molar-refractivity contribution in [2.45, 2.75) is 19.7 Å². The number of ether oxygens (including phenoxy) is 1. The van der Waals surface area contributed by atoms with Crippen molar-refractivity contribution in [2.75, 3.05) is 0 Å². The van der Waals surface area contributed by atoms with Gasteiger partial charge in [-0.25, -0.2) is 0 Å². The standard InChI is InChI=1S/C10H6BrF5O2/c1-4(17)8-6(10(14,15)16)2-5(3-7(8)11)18-9(12)13/h2-3,9H,1H3. The molecule has 0 saturated heterocycles. The summed E-state index contributed by atoms with van der Waals surface area (Å²) in [5.41, 5.74) is -1.94. The fraction of sp³-hybridized carbons (Fsp3) is 0.300. The molecule has 2 nitrogen and oxygen atoms in total. The molecule has 1 aromatic carbocycles. The van der Waals surface area contributed by atoms with Crippen LogP contribution in [0.2, 0.25) is 0 Å². The Bertz CT molecular complexity index is 470. The number of carbonyl (C=O) groups excluding carboxylic acids is 1. The lowest BCUT2D eigenvalue weighted by Gasteiger charge is -2.15. The van der Waals surface area contributed by atoms with Crippen molar-refractivity contribution in [1.82, 2.24) is 0 Å². The van der Waals surface area contributed by atoms with Crippen LogP contribution in [0.15, 0.2) is 16.6 Å². The number of hydrogen-bond donors (Lipinski definition) is 0.